The molecule has 3 aromatic rings. The van der Waals surface area contributed by atoms with Crippen LogP contribution in [0.4, 0.5) is 9.39 Å². The van der Waals surface area contributed by atoms with Gasteiger partial charge in [-0.05, 0) is 60.6 Å². The minimum Gasteiger partial charge on any atom is -0.489 e. The third kappa shape index (κ3) is 3.55. The van der Waals surface area contributed by atoms with Crippen molar-refractivity contribution < 1.29 is 13.9 Å². The highest BCUT2D eigenvalue weighted by molar-refractivity contribution is 7.16. The average Bonchev–Trinajstić information content (AvgIpc) is 3.11. The normalized spacial score (nSPS) is 18.0. The second-order valence-electron chi connectivity index (χ2n) is 7.71. The van der Waals surface area contributed by atoms with Crippen molar-refractivity contribution in [1.82, 2.24) is 0 Å². The predicted molar refractivity (Wildman–Crippen MR) is 113 cm³/mol. The van der Waals surface area contributed by atoms with Crippen LogP contribution in [0.2, 0.25) is 0 Å². The Morgan fingerprint density at radius 3 is 2.69 bits per heavy atom. The number of benzene rings is 2. The van der Waals surface area contributed by atoms with Gasteiger partial charge in [0, 0.05) is 22.8 Å². The summed E-state index contributed by atoms with van der Waals surface area (Å²) in [6, 6.07) is 14.6. The highest BCUT2D eigenvalue weighted by Gasteiger charge is 2.33. The number of hydrogen-bond acceptors (Lipinski definition) is 3. The summed E-state index contributed by atoms with van der Waals surface area (Å²) < 4.78 is 19.5. The first-order valence-corrected chi connectivity index (χ1v) is 10.9. The highest BCUT2D eigenvalue weighted by Crippen LogP contribution is 2.47. The van der Waals surface area contributed by atoms with Crippen LogP contribution in [0.25, 0.3) is 0 Å². The van der Waals surface area contributed by atoms with Gasteiger partial charge in [0.2, 0.25) is 5.91 Å². The second kappa shape index (κ2) is 7.64. The van der Waals surface area contributed by atoms with Gasteiger partial charge in [-0.1, -0.05) is 30.3 Å². The number of aryl methyl sites for hydroxylation is 1. The zero-order valence-corrected chi connectivity index (χ0v) is 16.9. The van der Waals surface area contributed by atoms with E-state index in [-0.39, 0.29) is 24.2 Å². The molecule has 0 saturated carbocycles. The number of hydrogen-bond donors (Lipinski definition) is 1. The van der Waals surface area contributed by atoms with Crippen LogP contribution in [0.3, 0.4) is 0 Å². The quantitative estimate of drug-likeness (QED) is 0.592. The zero-order valence-electron chi connectivity index (χ0n) is 16.0. The van der Waals surface area contributed by atoms with E-state index in [1.807, 2.05) is 24.3 Å². The molecule has 2 aliphatic rings. The molecule has 1 aromatic heterocycles. The van der Waals surface area contributed by atoms with Gasteiger partial charge in [-0.15, -0.1) is 11.3 Å². The summed E-state index contributed by atoms with van der Waals surface area (Å²) in [4.78, 5) is 13.8. The first kappa shape index (κ1) is 18.4. The van der Waals surface area contributed by atoms with Crippen LogP contribution in [0.15, 0.2) is 48.5 Å². The Hall–Kier alpha value is -2.66. The number of fused-ring (bicyclic) bond motifs is 3. The molecule has 29 heavy (non-hydrogen) atoms. The van der Waals surface area contributed by atoms with Crippen LogP contribution >= 0.6 is 11.3 Å². The van der Waals surface area contributed by atoms with Gasteiger partial charge in [-0.25, -0.2) is 4.39 Å². The molecule has 5 heteroatoms. The van der Waals surface area contributed by atoms with Crippen molar-refractivity contribution in [3.63, 3.8) is 0 Å². The Labute approximate surface area is 173 Å². The van der Waals surface area contributed by atoms with Crippen LogP contribution in [0.1, 0.15) is 52.3 Å². The largest absolute Gasteiger partial charge is 0.489 e. The monoisotopic (exact) mass is 407 g/mol. The number of carbonyl (C=O) groups excluding carboxylic acids is 1. The lowest BCUT2D eigenvalue weighted by Gasteiger charge is -2.25. The first-order valence-electron chi connectivity index (χ1n) is 10.1. The van der Waals surface area contributed by atoms with Crippen LogP contribution in [-0.2, 0) is 24.2 Å². The van der Waals surface area contributed by atoms with Crippen molar-refractivity contribution >= 4 is 22.2 Å². The molecule has 0 spiro atoms. The molecule has 0 unspecified atom stereocenters. The van der Waals surface area contributed by atoms with Gasteiger partial charge in [0.15, 0.2) is 0 Å². The summed E-state index contributed by atoms with van der Waals surface area (Å²) in [5.41, 5.74) is 4.45. The van der Waals surface area contributed by atoms with Crippen molar-refractivity contribution in [3.05, 3.63) is 81.5 Å². The molecule has 5 rings (SSSR count). The number of carbonyl (C=O) groups is 1. The van der Waals surface area contributed by atoms with E-state index in [2.05, 4.69) is 5.32 Å². The van der Waals surface area contributed by atoms with Gasteiger partial charge in [-0.3, -0.25) is 4.79 Å². The van der Waals surface area contributed by atoms with Gasteiger partial charge < -0.3 is 10.1 Å². The third-order valence-corrected chi connectivity index (χ3v) is 7.06. The molecular formula is C24H22FNO2S. The summed E-state index contributed by atoms with van der Waals surface area (Å²) in [6.45, 7) is 0.194. The molecule has 1 aliphatic heterocycles. The third-order valence-electron chi connectivity index (χ3n) is 5.84. The maximum absolute atomic E-state index is 13.8. The van der Waals surface area contributed by atoms with Crippen LogP contribution < -0.4 is 10.1 Å². The lowest BCUT2D eigenvalue weighted by atomic mass is 9.82. The molecule has 0 radical (unpaired) electrons. The fourth-order valence-electron chi connectivity index (χ4n) is 4.37. The molecule has 1 N–H and O–H groups in total. The molecule has 1 amide bonds. The van der Waals surface area contributed by atoms with Gasteiger partial charge >= 0.3 is 0 Å². The minimum absolute atomic E-state index is 0.0842. The second-order valence-corrected chi connectivity index (χ2v) is 8.81. The van der Waals surface area contributed by atoms with Gasteiger partial charge in [0.25, 0.3) is 0 Å². The summed E-state index contributed by atoms with van der Waals surface area (Å²) >= 11 is 1.76. The van der Waals surface area contributed by atoms with E-state index >= 15 is 0 Å². The van der Waals surface area contributed by atoms with Gasteiger partial charge in [-0.2, -0.15) is 0 Å². The molecule has 1 aliphatic carbocycles. The molecule has 148 valence electrons. The average molecular weight is 408 g/mol. The Morgan fingerprint density at radius 2 is 1.86 bits per heavy atom. The van der Waals surface area contributed by atoms with E-state index < -0.39 is 0 Å². The van der Waals surface area contributed by atoms with E-state index in [0.29, 0.717) is 17.7 Å². The standard InChI is InChI=1S/C24H22FNO2S/c25-20-7-3-1-5-16(20)14-28-17-11-9-15(10-12-17)19-13-22(27)26-24-23(19)18-6-2-4-8-21(18)29-24/h1,3,5,7,9-12,19H,2,4,6,8,13-14H2,(H,26,27)/t19-/m0/s1. The molecule has 0 bridgehead atoms. The van der Waals surface area contributed by atoms with Crippen molar-refractivity contribution in [2.24, 2.45) is 0 Å². The lowest BCUT2D eigenvalue weighted by molar-refractivity contribution is -0.116. The summed E-state index contributed by atoms with van der Waals surface area (Å²) in [5, 5.41) is 4.13. The molecule has 2 aromatic carbocycles. The molecule has 1 atom stereocenters. The SMILES string of the molecule is O=C1C[C@@H](c2ccc(OCc3ccccc3F)cc2)c2c(sc3c2CCCC3)N1. The van der Waals surface area contributed by atoms with Crippen LogP contribution in [0, 0.1) is 5.82 Å². The summed E-state index contributed by atoms with van der Waals surface area (Å²) in [5.74, 6) is 0.621. The number of thiophene rings is 1. The first-order chi connectivity index (χ1) is 14.2. The predicted octanol–water partition coefficient (Wildman–Crippen LogP) is 5.82. The van der Waals surface area contributed by atoms with Gasteiger partial charge in [0.1, 0.15) is 18.2 Å². The lowest BCUT2D eigenvalue weighted by Crippen LogP contribution is -2.23. The fraction of sp³-hybridized carbons (Fsp3) is 0.292. The molecule has 2 heterocycles. The highest BCUT2D eigenvalue weighted by atomic mass is 32.1. The number of rotatable bonds is 4. The van der Waals surface area contributed by atoms with Crippen molar-refractivity contribution in [2.45, 2.75) is 44.6 Å². The Bertz CT molecular complexity index is 1060. The van der Waals surface area contributed by atoms with E-state index in [9.17, 15) is 9.18 Å². The zero-order chi connectivity index (χ0) is 19.8. The smallest absolute Gasteiger partial charge is 0.225 e. The van der Waals surface area contributed by atoms with E-state index in [4.69, 9.17) is 4.74 Å². The number of nitrogens with one attached hydrogen (secondary N) is 1. The molecule has 0 saturated heterocycles. The van der Waals surface area contributed by atoms with Crippen molar-refractivity contribution in [2.75, 3.05) is 5.32 Å². The van der Waals surface area contributed by atoms with E-state index in [1.54, 1.807) is 29.5 Å². The number of amides is 1. The maximum Gasteiger partial charge on any atom is 0.225 e. The van der Waals surface area contributed by atoms with Gasteiger partial charge in [0.05, 0.1) is 5.00 Å². The van der Waals surface area contributed by atoms with Crippen LogP contribution in [-0.4, -0.2) is 5.91 Å². The fourth-order valence-corrected chi connectivity index (χ4v) is 5.74. The van der Waals surface area contributed by atoms with E-state index in [0.717, 1.165) is 23.4 Å². The van der Waals surface area contributed by atoms with Crippen molar-refractivity contribution in [1.29, 1.82) is 0 Å². The topological polar surface area (TPSA) is 38.3 Å². The minimum atomic E-state index is -0.257. The molecule has 3 nitrogen and oxygen atoms in total. The summed E-state index contributed by atoms with van der Waals surface area (Å²) in [7, 11) is 0. The Balaban J connectivity index is 1.39. The Kier molecular flexibility index (Phi) is 4.84. The Morgan fingerprint density at radius 1 is 1.07 bits per heavy atom. The van der Waals surface area contributed by atoms with Crippen LogP contribution in [0.5, 0.6) is 5.75 Å². The van der Waals surface area contributed by atoms with E-state index in [1.165, 1.54) is 34.9 Å². The molecular weight excluding hydrogens is 385 g/mol. The number of halogens is 1. The molecule has 0 fully saturated rings. The maximum atomic E-state index is 13.8. The number of anilines is 1. The number of ether oxygens (including phenoxy) is 1. The summed E-state index contributed by atoms with van der Waals surface area (Å²) in [6.07, 6.45) is 5.17. The van der Waals surface area contributed by atoms with Crippen molar-refractivity contribution in [3.8, 4) is 5.75 Å².